The second-order valence-electron chi connectivity index (χ2n) is 13.8. The number of hydrogen-bond acceptors (Lipinski definition) is 10. The molecule has 0 radical (unpaired) electrons. The van der Waals surface area contributed by atoms with Crippen LogP contribution in [0.3, 0.4) is 0 Å². The predicted octanol–water partition coefficient (Wildman–Crippen LogP) is 3.95. The Labute approximate surface area is 296 Å². The highest BCUT2D eigenvalue weighted by molar-refractivity contribution is 5.86. The molecule has 0 bridgehead atoms. The van der Waals surface area contributed by atoms with Crippen LogP contribution in [0.15, 0.2) is 73.1 Å². The molecule has 0 spiro atoms. The van der Waals surface area contributed by atoms with Gasteiger partial charge in [-0.3, -0.25) is 15.2 Å². The van der Waals surface area contributed by atoms with Gasteiger partial charge in [-0.1, -0.05) is 69.3 Å². The van der Waals surface area contributed by atoms with Crippen molar-refractivity contribution in [2.45, 2.75) is 70.7 Å². The minimum atomic E-state index is -1.31. The Kier molecular flexibility index (Phi) is 12.6. The number of nitrogens with zero attached hydrogens (tertiary/aromatic N) is 2. The zero-order chi connectivity index (χ0) is 36.5. The molecule has 2 aromatic carbocycles. The summed E-state index contributed by atoms with van der Waals surface area (Å²) in [7, 11) is 1.20. The standard InChI is InChI=1S/C37H46FN5O8/c1-37(2,3)32(41-35(46)48-4)33(45)40-29(18-23-11-13-24(14-12-23)25-9-7-16-39-19-25)30(44)21-43(20-26-8-5-6-10-28(26)38)42-36(47)51-31-22-50-34-27(31)15-17-49-34/h5-14,16,19,27,29-32,34,44H,15,17-18,20-22H2,1-4H3,(H,40,45)(H,41,46)(H,42,47). The molecule has 2 saturated heterocycles. The van der Waals surface area contributed by atoms with Crippen molar-refractivity contribution in [3.8, 4) is 11.1 Å². The van der Waals surface area contributed by atoms with Crippen LogP contribution in [-0.2, 0) is 36.7 Å². The van der Waals surface area contributed by atoms with Gasteiger partial charge in [0.25, 0.3) is 0 Å². The van der Waals surface area contributed by atoms with E-state index in [1.54, 1.807) is 51.4 Å². The summed E-state index contributed by atoms with van der Waals surface area (Å²) in [6.07, 6.45) is 0.464. The van der Waals surface area contributed by atoms with E-state index >= 15 is 0 Å². The van der Waals surface area contributed by atoms with Gasteiger partial charge in [-0.15, -0.1) is 0 Å². The van der Waals surface area contributed by atoms with E-state index in [2.05, 4.69) is 21.0 Å². The third kappa shape index (κ3) is 10.2. The molecule has 2 aliphatic rings. The largest absolute Gasteiger partial charge is 0.453 e. The van der Waals surface area contributed by atoms with E-state index in [0.29, 0.717) is 13.0 Å². The molecule has 6 atom stereocenters. The number of alkyl carbamates (subject to hydrolysis) is 1. The Balaban J connectivity index is 1.37. The number of carbonyl (C=O) groups is 3. The third-order valence-electron chi connectivity index (χ3n) is 8.99. The monoisotopic (exact) mass is 707 g/mol. The highest BCUT2D eigenvalue weighted by Crippen LogP contribution is 2.33. The van der Waals surface area contributed by atoms with Crippen molar-refractivity contribution in [2.24, 2.45) is 11.3 Å². The molecule has 13 nitrogen and oxygen atoms in total. The number of ether oxygens (including phenoxy) is 4. The Morgan fingerprint density at radius 2 is 1.78 bits per heavy atom. The number of methoxy groups -OCH3 is 1. The summed E-state index contributed by atoms with van der Waals surface area (Å²) in [6, 6.07) is 15.6. The second-order valence-corrected chi connectivity index (χ2v) is 13.8. The molecule has 51 heavy (non-hydrogen) atoms. The number of fused-ring (bicyclic) bond motifs is 1. The second kappa shape index (κ2) is 17.1. The van der Waals surface area contributed by atoms with Gasteiger partial charge in [0.15, 0.2) is 6.29 Å². The van der Waals surface area contributed by atoms with Crippen LogP contribution < -0.4 is 16.1 Å². The molecule has 3 aromatic rings. The SMILES string of the molecule is COC(=O)NC(C(=O)NC(Cc1ccc(-c2cccnc2)cc1)C(O)CN(Cc1ccccc1F)NC(=O)OC1COC2OCCC12)C(C)(C)C. The molecule has 6 unspecified atom stereocenters. The van der Waals surface area contributed by atoms with E-state index in [1.165, 1.54) is 18.2 Å². The van der Waals surface area contributed by atoms with Crippen LogP contribution in [0.25, 0.3) is 11.1 Å². The molecular formula is C37H46FN5O8. The molecule has 2 fully saturated rings. The summed E-state index contributed by atoms with van der Waals surface area (Å²) in [4.78, 5) is 43.4. The van der Waals surface area contributed by atoms with Crippen LogP contribution in [0.2, 0.25) is 0 Å². The molecule has 274 valence electrons. The Bertz CT molecular complexity index is 1620. The number of hydrazine groups is 1. The molecule has 0 aliphatic carbocycles. The lowest BCUT2D eigenvalue weighted by atomic mass is 9.85. The molecule has 14 heteroatoms. The van der Waals surface area contributed by atoms with E-state index in [1.807, 2.05) is 36.4 Å². The molecule has 3 amide bonds. The molecular weight excluding hydrogens is 661 g/mol. The van der Waals surface area contributed by atoms with E-state index in [9.17, 15) is 23.9 Å². The van der Waals surface area contributed by atoms with Gasteiger partial charge in [0.05, 0.1) is 38.4 Å². The zero-order valence-electron chi connectivity index (χ0n) is 29.2. The normalized spacial score (nSPS) is 20.2. The first-order valence-corrected chi connectivity index (χ1v) is 16.9. The number of rotatable bonds is 13. The Hall–Kier alpha value is -4.63. The summed E-state index contributed by atoms with van der Waals surface area (Å²) in [5.74, 6) is -1.14. The number of aliphatic hydroxyl groups is 1. The zero-order valence-corrected chi connectivity index (χ0v) is 29.2. The maximum Gasteiger partial charge on any atom is 0.422 e. The minimum absolute atomic E-state index is 0.0974. The maximum atomic E-state index is 14.8. The fourth-order valence-electron chi connectivity index (χ4n) is 6.20. The molecule has 5 rings (SSSR count). The first-order chi connectivity index (χ1) is 24.4. The summed E-state index contributed by atoms with van der Waals surface area (Å²) in [5, 5.41) is 18.7. The number of aromatic nitrogens is 1. The smallest absolute Gasteiger partial charge is 0.422 e. The first-order valence-electron chi connectivity index (χ1n) is 16.9. The lowest BCUT2D eigenvalue weighted by Crippen LogP contribution is -2.59. The quantitative estimate of drug-likeness (QED) is 0.192. The molecule has 2 aliphatic heterocycles. The Morgan fingerprint density at radius 1 is 1.02 bits per heavy atom. The van der Waals surface area contributed by atoms with Crippen molar-refractivity contribution in [3.63, 3.8) is 0 Å². The summed E-state index contributed by atoms with van der Waals surface area (Å²) in [6.45, 7) is 5.70. The number of benzene rings is 2. The number of halogens is 1. The minimum Gasteiger partial charge on any atom is -0.453 e. The van der Waals surface area contributed by atoms with Gasteiger partial charge < -0.3 is 34.7 Å². The van der Waals surface area contributed by atoms with Crippen molar-refractivity contribution in [3.05, 3.63) is 90.0 Å². The van der Waals surface area contributed by atoms with Gasteiger partial charge in [0.2, 0.25) is 5.91 Å². The summed E-state index contributed by atoms with van der Waals surface area (Å²) >= 11 is 0. The average molecular weight is 708 g/mol. The van der Waals surface area contributed by atoms with Gasteiger partial charge in [0, 0.05) is 31.0 Å². The summed E-state index contributed by atoms with van der Waals surface area (Å²) < 4.78 is 36.4. The predicted molar refractivity (Wildman–Crippen MR) is 184 cm³/mol. The Morgan fingerprint density at radius 3 is 2.47 bits per heavy atom. The number of amides is 3. The lowest BCUT2D eigenvalue weighted by molar-refractivity contribution is -0.127. The van der Waals surface area contributed by atoms with Gasteiger partial charge in [-0.05, 0) is 47.1 Å². The van der Waals surface area contributed by atoms with Crippen LogP contribution >= 0.6 is 0 Å². The third-order valence-corrected chi connectivity index (χ3v) is 8.99. The molecule has 0 saturated carbocycles. The van der Waals surface area contributed by atoms with Gasteiger partial charge >= 0.3 is 12.2 Å². The van der Waals surface area contributed by atoms with Gasteiger partial charge in [-0.2, -0.15) is 0 Å². The summed E-state index contributed by atoms with van der Waals surface area (Å²) in [5.41, 5.74) is 4.86. The van der Waals surface area contributed by atoms with Crippen LogP contribution in [0.1, 0.15) is 38.3 Å². The van der Waals surface area contributed by atoms with E-state index < -0.39 is 59.9 Å². The number of carbonyl (C=O) groups excluding carboxylic acids is 3. The molecule has 4 N–H and O–H groups in total. The number of nitrogens with one attached hydrogen (secondary N) is 3. The highest BCUT2D eigenvalue weighted by Gasteiger charge is 2.44. The van der Waals surface area contributed by atoms with Crippen LogP contribution in [0.5, 0.6) is 0 Å². The molecule has 3 heterocycles. The van der Waals surface area contributed by atoms with Crippen molar-refractivity contribution >= 4 is 18.1 Å². The van der Waals surface area contributed by atoms with Crippen molar-refractivity contribution in [1.82, 2.24) is 26.1 Å². The van der Waals surface area contributed by atoms with Crippen LogP contribution in [0, 0.1) is 17.2 Å². The van der Waals surface area contributed by atoms with Crippen molar-refractivity contribution in [1.29, 1.82) is 0 Å². The van der Waals surface area contributed by atoms with E-state index in [0.717, 1.165) is 16.7 Å². The van der Waals surface area contributed by atoms with Gasteiger partial charge in [0.1, 0.15) is 18.0 Å². The highest BCUT2D eigenvalue weighted by atomic mass is 19.1. The lowest BCUT2D eigenvalue weighted by Gasteiger charge is -2.34. The van der Waals surface area contributed by atoms with Crippen molar-refractivity contribution < 1.29 is 42.8 Å². The maximum absolute atomic E-state index is 14.8. The van der Waals surface area contributed by atoms with Crippen molar-refractivity contribution in [2.75, 3.05) is 26.9 Å². The van der Waals surface area contributed by atoms with Crippen LogP contribution in [0.4, 0.5) is 14.0 Å². The van der Waals surface area contributed by atoms with Crippen LogP contribution in [-0.4, -0.2) is 90.6 Å². The number of hydrogen-bond donors (Lipinski definition) is 4. The van der Waals surface area contributed by atoms with Gasteiger partial charge in [-0.25, -0.2) is 19.0 Å². The average Bonchev–Trinajstić information content (AvgIpc) is 3.73. The van der Waals surface area contributed by atoms with E-state index in [-0.39, 0.29) is 37.6 Å². The number of pyridine rings is 1. The fourth-order valence-corrected chi connectivity index (χ4v) is 6.20. The molecule has 1 aromatic heterocycles. The topological polar surface area (TPSA) is 161 Å². The first kappa shape index (κ1) is 37.6. The fraction of sp³-hybridized carbons (Fsp3) is 0.459. The number of aliphatic hydroxyl groups excluding tert-OH is 1. The van der Waals surface area contributed by atoms with E-state index in [4.69, 9.17) is 18.9 Å².